The van der Waals surface area contributed by atoms with Crippen LogP contribution in [0.4, 0.5) is 0 Å². The molecule has 0 spiro atoms. The Labute approximate surface area is 127 Å². The Morgan fingerprint density at radius 1 is 1.50 bits per heavy atom. The molecule has 0 aromatic carbocycles. The maximum Gasteiger partial charge on any atom is 0.0797 e. The molecule has 1 N–H and O–H groups in total. The van der Waals surface area contributed by atoms with Crippen molar-refractivity contribution in [2.75, 3.05) is 13.2 Å². The van der Waals surface area contributed by atoms with Gasteiger partial charge >= 0.3 is 0 Å². The molecule has 4 heteroatoms. The first-order valence-corrected chi connectivity index (χ1v) is 8.46. The first-order valence-electron chi connectivity index (χ1n) is 7.58. The summed E-state index contributed by atoms with van der Waals surface area (Å²) in [5.74, 6) is 0. The Morgan fingerprint density at radius 3 is 2.75 bits per heavy atom. The van der Waals surface area contributed by atoms with Crippen molar-refractivity contribution >= 4 is 11.3 Å². The van der Waals surface area contributed by atoms with Crippen LogP contribution in [0.1, 0.15) is 51.1 Å². The van der Waals surface area contributed by atoms with Crippen molar-refractivity contribution in [1.82, 2.24) is 10.3 Å². The zero-order chi connectivity index (χ0) is 14.8. The van der Waals surface area contributed by atoms with Crippen LogP contribution >= 0.6 is 11.3 Å². The average Bonchev–Trinajstić information content (AvgIpc) is 2.91. The smallest absolute Gasteiger partial charge is 0.0797 e. The second-order valence-corrected chi connectivity index (χ2v) is 8.03. The Morgan fingerprint density at radius 2 is 2.25 bits per heavy atom. The third kappa shape index (κ3) is 3.80. The largest absolute Gasteiger partial charge is 0.378 e. The number of aryl methyl sites for hydroxylation is 2. The molecule has 2 unspecified atom stereocenters. The van der Waals surface area contributed by atoms with Crippen LogP contribution in [0.2, 0.25) is 0 Å². The van der Waals surface area contributed by atoms with E-state index in [9.17, 15) is 0 Å². The van der Waals surface area contributed by atoms with Crippen molar-refractivity contribution in [3.05, 3.63) is 16.1 Å². The number of nitrogens with zero attached hydrogens (tertiary/aromatic N) is 1. The van der Waals surface area contributed by atoms with Gasteiger partial charge in [-0.1, -0.05) is 0 Å². The third-order valence-corrected chi connectivity index (χ3v) is 5.49. The highest BCUT2D eigenvalue weighted by Gasteiger charge is 2.41. The first kappa shape index (κ1) is 15.9. The number of hydrogen-bond donors (Lipinski definition) is 1. The van der Waals surface area contributed by atoms with Gasteiger partial charge < -0.3 is 10.1 Å². The normalized spacial score (nSPS) is 27.1. The summed E-state index contributed by atoms with van der Waals surface area (Å²) < 4.78 is 5.88. The molecule has 0 amide bonds. The van der Waals surface area contributed by atoms with Gasteiger partial charge in [0.2, 0.25) is 0 Å². The maximum absolute atomic E-state index is 5.88. The van der Waals surface area contributed by atoms with Crippen molar-refractivity contribution in [2.24, 2.45) is 5.41 Å². The fraction of sp³-hybridized carbons (Fsp3) is 0.812. The second kappa shape index (κ2) is 6.12. The molecule has 2 atom stereocenters. The van der Waals surface area contributed by atoms with Gasteiger partial charge in [-0.3, -0.25) is 0 Å². The molecular weight excluding hydrogens is 268 g/mol. The Bertz CT molecular complexity index is 438. The van der Waals surface area contributed by atoms with E-state index in [0.717, 1.165) is 26.0 Å². The van der Waals surface area contributed by atoms with Gasteiger partial charge in [0.25, 0.3) is 0 Å². The van der Waals surface area contributed by atoms with E-state index in [4.69, 9.17) is 4.74 Å². The minimum absolute atomic E-state index is 0.162. The van der Waals surface area contributed by atoms with Gasteiger partial charge in [0.15, 0.2) is 0 Å². The van der Waals surface area contributed by atoms with Gasteiger partial charge in [-0.15, -0.1) is 11.3 Å². The minimum Gasteiger partial charge on any atom is -0.378 e. The molecule has 2 rings (SSSR count). The molecule has 2 heterocycles. The second-order valence-electron chi connectivity index (χ2n) is 7.09. The van der Waals surface area contributed by atoms with Gasteiger partial charge in [0.1, 0.15) is 0 Å². The fourth-order valence-electron chi connectivity index (χ4n) is 2.84. The molecule has 20 heavy (non-hydrogen) atoms. The van der Waals surface area contributed by atoms with Crippen molar-refractivity contribution in [3.8, 4) is 0 Å². The highest BCUT2D eigenvalue weighted by Crippen LogP contribution is 2.39. The highest BCUT2D eigenvalue weighted by atomic mass is 32.1. The van der Waals surface area contributed by atoms with Crippen LogP contribution < -0.4 is 5.32 Å². The molecule has 1 fully saturated rings. The average molecular weight is 296 g/mol. The topological polar surface area (TPSA) is 34.2 Å². The summed E-state index contributed by atoms with van der Waals surface area (Å²) >= 11 is 1.78. The van der Waals surface area contributed by atoms with E-state index in [2.05, 4.69) is 44.9 Å². The van der Waals surface area contributed by atoms with Crippen molar-refractivity contribution in [3.63, 3.8) is 0 Å². The number of nitrogens with one attached hydrogen (secondary N) is 1. The first-order chi connectivity index (χ1) is 9.32. The summed E-state index contributed by atoms with van der Waals surface area (Å²) in [5.41, 5.74) is 3.58. The molecule has 0 bridgehead atoms. The van der Waals surface area contributed by atoms with Gasteiger partial charge in [-0.2, -0.15) is 0 Å². The number of aromatic nitrogens is 1. The molecule has 0 saturated carbocycles. The van der Waals surface area contributed by atoms with Crippen LogP contribution in [-0.2, 0) is 11.2 Å². The number of thiazole rings is 1. The molecule has 0 aliphatic carbocycles. The molecule has 3 nitrogen and oxygen atoms in total. The molecule has 1 aliphatic rings. The lowest BCUT2D eigenvalue weighted by molar-refractivity contribution is 0.0553. The lowest BCUT2D eigenvalue weighted by atomic mass is 9.76. The Kier molecular flexibility index (Phi) is 4.88. The zero-order valence-electron chi connectivity index (χ0n) is 13.5. The summed E-state index contributed by atoms with van der Waals surface area (Å²) in [6.45, 7) is 13.0. The Hall–Kier alpha value is -0.450. The van der Waals surface area contributed by atoms with E-state index < -0.39 is 0 Å². The monoisotopic (exact) mass is 296 g/mol. The molecule has 1 aromatic rings. The molecular formula is C16H28N2OS. The van der Waals surface area contributed by atoms with Crippen LogP contribution in [0.5, 0.6) is 0 Å². The van der Waals surface area contributed by atoms with Crippen LogP contribution in [0, 0.1) is 12.3 Å². The van der Waals surface area contributed by atoms with Crippen molar-refractivity contribution in [1.29, 1.82) is 0 Å². The van der Waals surface area contributed by atoms with Crippen LogP contribution in [0.3, 0.4) is 0 Å². The molecule has 1 saturated heterocycles. The summed E-state index contributed by atoms with van der Waals surface area (Å²) in [5, 5.41) is 3.69. The number of ether oxygens (including phenoxy) is 1. The number of hydrogen-bond acceptors (Lipinski definition) is 4. The van der Waals surface area contributed by atoms with E-state index in [0.29, 0.717) is 6.10 Å². The Balaban J connectivity index is 2.02. The van der Waals surface area contributed by atoms with E-state index >= 15 is 0 Å². The molecule has 1 aliphatic heterocycles. The summed E-state index contributed by atoms with van der Waals surface area (Å²) in [4.78, 5) is 5.79. The van der Waals surface area contributed by atoms with Gasteiger partial charge in [-0.05, 0) is 53.9 Å². The van der Waals surface area contributed by atoms with Crippen LogP contribution in [-0.4, -0.2) is 29.8 Å². The third-order valence-electron chi connectivity index (χ3n) is 4.50. The van der Waals surface area contributed by atoms with E-state index in [-0.39, 0.29) is 11.0 Å². The predicted molar refractivity (Wildman–Crippen MR) is 85.4 cm³/mol. The van der Waals surface area contributed by atoms with Gasteiger partial charge in [0, 0.05) is 29.0 Å². The predicted octanol–water partition coefficient (Wildman–Crippen LogP) is 3.57. The molecule has 114 valence electrons. The quantitative estimate of drug-likeness (QED) is 0.902. The van der Waals surface area contributed by atoms with Gasteiger partial charge in [-0.25, -0.2) is 4.98 Å². The lowest BCUT2D eigenvalue weighted by Crippen LogP contribution is -2.46. The highest BCUT2D eigenvalue weighted by molar-refractivity contribution is 7.09. The number of rotatable bonds is 5. The summed E-state index contributed by atoms with van der Waals surface area (Å²) in [6.07, 6.45) is 3.80. The minimum atomic E-state index is 0.162. The van der Waals surface area contributed by atoms with Crippen LogP contribution in [0.25, 0.3) is 0 Å². The standard InChI is InChI=1S/C16H28N2OS/c1-12-14(20-11-17-12)6-7-16(8-9-19-13(16)2)10-18-15(3,4)5/h11,13,18H,6-10H2,1-5H3. The van der Waals surface area contributed by atoms with Gasteiger partial charge in [0.05, 0.1) is 17.3 Å². The van der Waals surface area contributed by atoms with Crippen molar-refractivity contribution < 1.29 is 4.74 Å². The SMILES string of the molecule is Cc1ncsc1CCC1(CNC(C)(C)C)CCOC1C. The molecule has 0 radical (unpaired) electrons. The summed E-state index contributed by atoms with van der Waals surface area (Å²) in [7, 11) is 0. The lowest BCUT2D eigenvalue weighted by Gasteiger charge is -2.36. The van der Waals surface area contributed by atoms with E-state index in [1.807, 2.05) is 5.51 Å². The van der Waals surface area contributed by atoms with Crippen molar-refractivity contribution in [2.45, 2.75) is 65.5 Å². The summed E-state index contributed by atoms with van der Waals surface area (Å²) in [6, 6.07) is 0. The zero-order valence-corrected chi connectivity index (χ0v) is 14.3. The van der Waals surface area contributed by atoms with E-state index in [1.165, 1.54) is 17.0 Å². The fourth-order valence-corrected chi connectivity index (χ4v) is 3.62. The van der Waals surface area contributed by atoms with Crippen LogP contribution in [0.15, 0.2) is 5.51 Å². The maximum atomic E-state index is 5.88. The van der Waals surface area contributed by atoms with E-state index in [1.54, 1.807) is 11.3 Å². The molecule has 1 aromatic heterocycles.